The lowest BCUT2D eigenvalue weighted by atomic mass is 9.89. The summed E-state index contributed by atoms with van der Waals surface area (Å²) in [7, 11) is -3.46. The van der Waals surface area contributed by atoms with Crippen molar-refractivity contribution >= 4 is 54.0 Å². The van der Waals surface area contributed by atoms with Crippen LogP contribution in [0.3, 0.4) is 0 Å². The van der Waals surface area contributed by atoms with Gasteiger partial charge in [-0.1, -0.05) is 15.9 Å². The molecule has 1 aromatic heterocycles. The molecule has 2 aromatic rings. The van der Waals surface area contributed by atoms with Crippen LogP contribution in [-0.2, 0) is 20.2 Å². The first kappa shape index (κ1) is 20.2. The summed E-state index contributed by atoms with van der Waals surface area (Å²) in [5.41, 5.74) is -1.51. The van der Waals surface area contributed by atoms with Crippen LogP contribution in [0.15, 0.2) is 22.0 Å². The molecule has 0 unspecified atom stereocenters. The number of thiazole rings is 1. The van der Waals surface area contributed by atoms with Gasteiger partial charge in [0.25, 0.3) is 0 Å². The molecule has 1 amide bonds. The first-order chi connectivity index (χ1) is 12.5. The van der Waals surface area contributed by atoms with Crippen molar-refractivity contribution in [2.45, 2.75) is 37.4 Å². The number of sulfonamides is 1. The van der Waals surface area contributed by atoms with Gasteiger partial charge in [-0.05, 0) is 38.8 Å². The quantitative estimate of drug-likeness (QED) is 0.654. The number of aromatic nitrogens is 1. The maximum absolute atomic E-state index is 14.0. The molecule has 1 heterocycles. The van der Waals surface area contributed by atoms with Gasteiger partial charge in [0.2, 0.25) is 15.9 Å². The van der Waals surface area contributed by atoms with E-state index in [0.717, 1.165) is 23.5 Å². The number of carbonyl (C=O) groups excluding carboxylic acids is 1. The van der Waals surface area contributed by atoms with Crippen LogP contribution in [-0.4, -0.2) is 24.6 Å². The maximum Gasteiger partial charge on any atom is 0.237 e. The van der Waals surface area contributed by atoms with E-state index in [4.69, 9.17) is 0 Å². The molecule has 1 aliphatic carbocycles. The molecule has 6 nitrogen and oxygen atoms in total. The highest BCUT2D eigenvalue weighted by atomic mass is 79.9. The first-order valence-electron chi connectivity index (χ1n) is 7.94. The van der Waals surface area contributed by atoms with Gasteiger partial charge in [-0.2, -0.15) is 0 Å². The molecule has 0 saturated heterocycles. The van der Waals surface area contributed by atoms with Gasteiger partial charge in [0.15, 0.2) is 16.8 Å². The Morgan fingerprint density at radius 2 is 1.89 bits per heavy atom. The molecule has 0 aliphatic heterocycles. The average Bonchev–Trinajstić information content (AvgIpc) is 3.31. The third-order valence-corrected chi connectivity index (χ3v) is 7.32. The molecule has 27 heavy (non-hydrogen) atoms. The summed E-state index contributed by atoms with van der Waals surface area (Å²) in [6.45, 7) is 3.07. The lowest BCUT2D eigenvalue weighted by molar-refractivity contribution is -0.120. The Labute approximate surface area is 167 Å². The Hall–Kier alpha value is -1.59. The van der Waals surface area contributed by atoms with Gasteiger partial charge < -0.3 is 5.32 Å². The zero-order chi connectivity index (χ0) is 20.0. The van der Waals surface area contributed by atoms with E-state index in [1.54, 1.807) is 5.38 Å². The van der Waals surface area contributed by atoms with Gasteiger partial charge in [0.1, 0.15) is 5.69 Å². The summed E-state index contributed by atoms with van der Waals surface area (Å²) in [6, 6.07) is 2.08. The van der Waals surface area contributed by atoms with Gasteiger partial charge in [-0.15, -0.1) is 11.3 Å². The number of rotatable bonds is 6. The number of benzene rings is 1. The van der Waals surface area contributed by atoms with Gasteiger partial charge in [0.05, 0.1) is 16.4 Å². The topological polar surface area (TPSA) is 88.2 Å². The number of amides is 1. The van der Waals surface area contributed by atoms with Crippen LogP contribution >= 0.6 is 27.3 Å². The number of anilines is 2. The monoisotopic (exact) mass is 479 g/mol. The van der Waals surface area contributed by atoms with Crippen molar-refractivity contribution in [3.63, 3.8) is 0 Å². The van der Waals surface area contributed by atoms with E-state index in [-0.39, 0.29) is 15.3 Å². The molecule has 11 heteroatoms. The van der Waals surface area contributed by atoms with Gasteiger partial charge >= 0.3 is 0 Å². The Morgan fingerprint density at radius 3 is 2.44 bits per heavy atom. The number of hydrogen-bond donors (Lipinski definition) is 2. The number of hydrogen-bond acceptors (Lipinski definition) is 5. The van der Waals surface area contributed by atoms with Crippen LogP contribution in [0.2, 0.25) is 0 Å². The molecule has 2 N–H and O–H groups in total. The largest absolute Gasteiger partial charge is 0.320 e. The second-order valence-corrected chi connectivity index (χ2v) is 10.4. The lowest BCUT2D eigenvalue weighted by Gasteiger charge is -2.22. The summed E-state index contributed by atoms with van der Waals surface area (Å²) in [6.07, 6.45) is 1.23. The summed E-state index contributed by atoms with van der Waals surface area (Å²) in [5, 5.41) is 3.54. The van der Waals surface area contributed by atoms with Crippen molar-refractivity contribution in [3.05, 3.63) is 39.3 Å². The molecule has 0 bridgehead atoms. The van der Waals surface area contributed by atoms with Gasteiger partial charge in [0, 0.05) is 9.85 Å². The zero-order valence-corrected chi connectivity index (χ0v) is 17.6. The van der Waals surface area contributed by atoms with E-state index in [1.807, 2.05) is 0 Å². The van der Waals surface area contributed by atoms with E-state index in [9.17, 15) is 22.0 Å². The minimum Gasteiger partial charge on any atom is -0.320 e. The summed E-state index contributed by atoms with van der Waals surface area (Å²) in [4.78, 5) is 16.8. The smallest absolute Gasteiger partial charge is 0.237 e. The van der Waals surface area contributed by atoms with Crippen molar-refractivity contribution in [1.82, 2.24) is 4.98 Å². The molecule has 1 aromatic carbocycles. The Morgan fingerprint density at radius 1 is 1.30 bits per heavy atom. The summed E-state index contributed by atoms with van der Waals surface area (Å²) < 4.78 is 54.5. The van der Waals surface area contributed by atoms with Crippen LogP contribution in [0.4, 0.5) is 19.6 Å². The maximum atomic E-state index is 14.0. The van der Waals surface area contributed by atoms with E-state index in [1.165, 1.54) is 13.8 Å². The second kappa shape index (κ2) is 7.10. The molecule has 0 radical (unpaired) electrons. The van der Waals surface area contributed by atoms with Gasteiger partial charge in [-0.3, -0.25) is 9.52 Å². The van der Waals surface area contributed by atoms with E-state index in [0.29, 0.717) is 12.8 Å². The molecule has 1 aliphatic rings. The third-order valence-electron chi connectivity index (χ3n) is 4.15. The minimum atomic E-state index is -3.46. The van der Waals surface area contributed by atoms with Crippen LogP contribution in [0.1, 0.15) is 32.4 Å². The molecule has 1 fully saturated rings. The molecule has 1 saturated carbocycles. The number of nitrogens with zero attached hydrogens (tertiary/aromatic N) is 1. The molecule has 3 rings (SSSR count). The fourth-order valence-corrected chi connectivity index (χ4v) is 5.12. The fraction of sp³-hybridized carbons (Fsp3) is 0.375. The predicted octanol–water partition coefficient (Wildman–Crippen LogP) is 4.00. The van der Waals surface area contributed by atoms with E-state index >= 15 is 0 Å². The molecule has 0 atom stereocenters. The van der Waals surface area contributed by atoms with Crippen molar-refractivity contribution in [2.24, 2.45) is 0 Å². The third kappa shape index (κ3) is 4.30. The Bertz CT molecular complexity index is 981. The highest BCUT2D eigenvalue weighted by molar-refractivity contribution is 9.10. The minimum absolute atomic E-state index is 0.152. The van der Waals surface area contributed by atoms with Crippen molar-refractivity contribution < 1.29 is 22.0 Å². The van der Waals surface area contributed by atoms with E-state index in [2.05, 4.69) is 31.0 Å². The number of carbonyl (C=O) groups is 1. The molecule has 0 spiro atoms. The van der Waals surface area contributed by atoms with Crippen molar-refractivity contribution in [3.8, 4) is 0 Å². The number of halogens is 3. The number of nitrogens with one attached hydrogen (secondary N) is 2. The highest BCUT2D eigenvalue weighted by Crippen LogP contribution is 2.33. The first-order valence-corrected chi connectivity index (χ1v) is 11.2. The lowest BCUT2D eigenvalue weighted by Crippen LogP contribution is -2.35. The van der Waals surface area contributed by atoms with Gasteiger partial charge in [-0.25, -0.2) is 22.2 Å². The Kier molecular flexibility index (Phi) is 5.30. The van der Waals surface area contributed by atoms with Crippen LogP contribution in [0.5, 0.6) is 0 Å². The molecular formula is C16H16BrF2N3O3S2. The summed E-state index contributed by atoms with van der Waals surface area (Å²) in [5.74, 6) is -2.51. The normalized spacial score (nSPS) is 14.9. The standard InChI is InChI=1S/C16H16BrF2N3O3S2/c1-16(2,14(23)21-13-10(18)5-8(17)6-11(13)19)12-7-26-15(20-12)22-27(24,25)9-3-4-9/h5-7,9H,3-4H2,1-2H3,(H,20,22)(H,21,23). The van der Waals surface area contributed by atoms with Crippen LogP contribution < -0.4 is 10.0 Å². The van der Waals surface area contributed by atoms with Crippen molar-refractivity contribution in [2.75, 3.05) is 10.0 Å². The molecule has 146 valence electrons. The summed E-state index contributed by atoms with van der Waals surface area (Å²) >= 11 is 4.02. The fourth-order valence-electron chi connectivity index (χ4n) is 2.24. The SMILES string of the molecule is CC(C)(C(=O)Nc1c(F)cc(Br)cc1F)c1csc(NS(=O)(=O)C2CC2)n1. The van der Waals surface area contributed by atoms with Crippen LogP contribution in [0.25, 0.3) is 0 Å². The molecular weight excluding hydrogens is 464 g/mol. The zero-order valence-electron chi connectivity index (χ0n) is 14.3. The predicted molar refractivity (Wildman–Crippen MR) is 103 cm³/mol. The second-order valence-electron chi connectivity index (χ2n) is 6.71. The highest BCUT2D eigenvalue weighted by Gasteiger charge is 2.37. The van der Waals surface area contributed by atoms with Crippen LogP contribution in [0, 0.1) is 11.6 Å². The van der Waals surface area contributed by atoms with E-state index < -0.39 is 43.9 Å². The van der Waals surface area contributed by atoms with Crippen molar-refractivity contribution in [1.29, 1.82) is 0 Å². The Balaban J connectivity index is 1.79. The average molecular weight is 480 g/mol.